The lowest BCUT2D eigenvalue weighted by molar-refractivity contribution is -0.139. The van der Waals surface area contributed by atoms with E-state index >= 15 is 0 Å². The maximum Gasteiger partial charge on any atom is 0.341 e. The molecule has 0 unspecified atom stereocenters. The molecule has 2 aromatic rings. The number of carboxylic acids is 1. The number of aliphatic carboxylic acids is 1. The summed E-state index contributed by atoms with van der Waals surface area (Å²) in [5.41, 5.74) is 0.766. The van der Waals surface area contributed by atoms with Crippen molar-refractivity contribution in [2.24, 2.45) is 0 Å². The molecule has 0 radical (unpaired) electrons. The lowest BCUT2D eigenvalue weighted by Crippen LogP contribution is -2.09. The first-order chi connectivity index (χ1) is 10.8. The fourth-order valence-electron chi connectivity index (χ4n) is 1.35. The molecule has 2 rings (SSSR count). The normalized spacial score (nSPS) is 9.74. The Morgan fingerprint density at radius 1 is 1.00 bits per heavy atom. The van der Waals surface area contributed by atoms with Gasteiger partial charge in [0.1, 0.15) is 11.5 Å². The summed E-state index contributed by atoms with van der Waals surface area (Å²) < 4.78 is 4.89. The topological polar surface area (TPSA) is 87.0 Å². The molecule has 0 aromatic heterocycles. The molecular formula is C15H13Cl3O5. The lowest BCUT2D eigenvalue weighted by Gasteiger charge is -2.02. The van der Waals surface area contributed by atoms with Gasteiger partial charge in [-0.2, -0.15) is 0 Å². The molecule has 0 aliphatic heterocycles. The summed E-state index contributed by atoms with van der Waals surface area (Å²) in [5, 5.41) is 26.8. The van der Waals surface area contributed by atoms with Crippen LogP contribution in [0.5, 0.6) is 11.5 Å². The first kappa shape index (κ1) is 19.4. The summed E-state index contributed by atoms with van der Waals surface area (Å²) in [7, 11) is 0. The Balaban J connectivity index is 0.000000238. The number of rotatable bonds is 4. The highest BCUT2D eigenvalue weighted by atomic mass is 35.5. The van der Waals surface area contributed by atoms with E-state index in [9.17, 15) is 4.79 Å². The number of phenols is 1. The molecule has 0 atom stereocenters. The average Bonchev–Trinajstić information content (AvgIpc) is 2.52. The van der Waals surface area contributed by atoms with Crippen LogP contribution in [0.3, 0.4) is 0 Å². The Hall–Kier alpha value is -1.66. The minimum Gasteiger partial charge on any atom is -0.506 e. The van der Waals surface area contributed by atoms with Crippen molar-refractivity contribution in [2.75, 3.05) is 6.61 Å². The Kier molecular flexibility index (Phi) is 7.98. The Labute approximate surface area is 147 Å². The van der Waals surface area contributed by atoms with Gasteiger partial charge in [0.25, 0.3) is 0 Å². The number of benzene rings is 2. The van der Waals surface area contributed by atoms with Crippen molar-refractivity contribution in [3.8, 4) is 11.5 Å². The molecule has 0 spiro atoms. The molecule has 0 aliphatic rings. The number of carbonyl (C=O) groups is 1. The van der Waals surface area contributed by atoms with Crippen molar-refractivity contribution in [3.05, 3.63) is 57.0 Å². The smallest absolute Gasteiger partial charge is 0.341 e. The van der Waals surface area contributed by atoms with E-state index < -0.39 is 5.97 Å². The van der Waals surface area contributed by atoms with E-state index in [1.54, 1.807) is 24.3 Å². The van der Waals surface area contributed by atoms with E-state index in [2.05, 4.69) is 0 Å². The molecule has 2 aromatic carbocycles. The van der Waals surface area contributed by atoms with Crippen molar-refractivity contribution in [1.82, 2.24) is 0 Å². The third kappa shape index (κ3) is 6.97. The highest BCUT2D eigenvalue weighted by Gasteiger charge is 2.02. The minimum absolute atomic E-state index is 0.0286. The van der Waals surface area contributed by atoms with Crippen LogP contribution in [0.1, 0.15) is 5.56 Å². The van der Waals surface area contributed by atoms with Gasteiger partial charge >= 0.3 is 5.97 Å². The van der Waals surface area contributed by atoms with E-state index in [1.807, 2.05) is 0 Å². The van der Waals surface area contributed by atoms with Crippen molar-refractivity contribution in [1.29, 1.82) is 0 Å². The fourth-order valence-corrected chi connectivity index (χ4v) is 1.89. The van der Waals surface area contributed by atoms with Crippen molar-refractivity contribution < 1.29 is 24.9 Å². The SMILES string of the molecule is O=C(O)COc1ccc(CO)cc1.Oc1cc(Cl)c(Cl)cc1Cl. The molecule has 0 fully saturated rings. The molecule has 3 N–H and O–H groups in total. The molecule has 0 heterocycles. The van der Waals surface area contributed by atoms with Gasteiger partial charge in [-0.25, -0.2) is 4.79 Å². The van der Waals surface area contributed by atoms with Crippen LogP contribution in [0.25, 0.3) is 0 Å². The van der Waals surface area contributed by atoms with Gasteiger partial charge in [-0.1, -0.05) is 46.9 Å². The fraction of sp³-hybridized carbons (Fsp3) is 0.133. The Morgan fingerprint density at radius 2 is 1.57 bits per heavy atom. The molecule has 0 bridgehead atoms. The lowest BCUT2D eigenvalue weighted by atomic mass is 10.2. The van der Waals surface area contributed by atoms with E-state index in [1.165, 1.54) is 12.1 Å². The maximum absolute atomic E-state index is 10.1. The zero-order valence-electron chi connectivity index (χ0n) is 11.7. The molecule has 0 saturated heterocycles. The van der Waals surface area contributed by atoms with Crippen molar-refractivity contribution in [3.63, 3.8) is 0 Å². The second kappa shape index (κ2) is 9.47. The molecule has 0 saturated carbocycles. The standard InChI is InChI=1S/C9H10O4.C6H3Cl3O/c10-5-7-1-3-8(4-2-7)13-6-9(11)12;7-3-1-5(9)6(10)2-4(3)8/h1-4,10H,5-6H2,(H,11,12);1-2,10H. The maximum atomic E-state index is 10.1. The van der Waals surface area contributed by atoms with Gasteiger partial charge in [-0.15, -0.1) is 0 Å². The predicted octanol–water partition coefficient (Wildman–Crippen LogP) is 3.99. The van der Waals surface area contributed by atoms with Gasteiger partial charge in [0, 0.05) is 6.07 Å². The number of phenolic OH excluding ortho intramolecular Hbond substituents is 1. The number of aliphatic hydroxyl groups excluding tert-OH is 1. The Bertz CT molecular complexity index is 609. The van der Waals surface area contributed by atoms with Crippen LogP contribution >= 0.6 is 34.8 Å². The Morgan fingerprint density at radius 3 is 2.04 bits per heavy atom. The third-order valence-corrected chi connectivity index (χ3v) is 3.48. The van der Waals surface area contributed by atoms with E-state index in [0.717, 1.165) is 5.56 Å². The first-order valence-electron chi connectivity index (χ1n) is 6.21. The number of ether oxygens (including phenoxy) is 1. The summed E-state index contributed by atoms with van der Waals surface area (Å²) in [6.07, 6.45) is 0. The van der Waals surface area contributed by atoms with Crippen LogP contribution in [0.15, 0.2) is 36.4 Å². The van der Waals surface area contributed by atoms with Crippen LogP contribution in [-0.2, 0) is 11.4 Å². The number of hydrogen-bond donors (Lipinski definition) is 3. The number of aliphatic hydroxyl groups is 1. The molecule has 8 heteroatoms. The zero-order valence-corrected chi connectivity index (χ0v) is 13.9. The summed E-state index contributed by atoms with van der Waals surface area (Å²) in [6, 6.07) is 9.28. The number of halogens is 3. The third-order valence-electron chi connectivity index (χ3n) is 2.46. The molecular weight excluding hydrogens is 367 g/mol. The quantitative estimate of drug-likeness (QED) is 0.699. The molecule has 5 nitrogen and oxygen atoms in total. The van der Waals surface area contributed by atoms with Crippen LogP contribution in [0, 0.1) is 0 Å². The second-order valence-electron chi connectivity index (χ2n) is 4.20. The first-order valence-corrected chi connectivity index (χ1v) is 7.34. The predicted molar refractivity (Wildman–Crippen MR) is 88.6 cm³/mol. The summed E-state index contributed by atoms with van der Waals surface area (Å²) in [4.78, 5) is 10.1. The van der Waals surface area contributed by atoms with E-state index in [0.29, 0.717) is 15.8 Å². The van der Waals surface area contributed by atoms with Crippen LogP contribution in [-0.4, -0.2) is 27.9 Å². The van der Waals surface area contributed by atoms with Crippen molar-refractivity contribution in [2.45, 2.75) is 6.61 Å². The largest absolute Gasteiger partial charge is 0.506 e. The number of hydrogen-bond acceptors (Lipinski definition) is 4. The van der Waals surface area contributed by atoms with Crippen LogP contribution in [0.2, 0.25) is 15.1 Å². The molecule has 0 amide bonds. The average molecular weight is 380 g/mol. The van der Waals surface area contributed by atoms with Gasteiger partial charge in [0.05, 0.1) is 21.7 Å². The highest BCUT2D eigenvalue weighted by Crippen LogP contribution is 2.32. The van der Waals surface area contributed by atoms with Gasteiger partial charge in [0.15, 0.2) is 6.61 Å². The van der Waals surface area contributed by atoms with Crippen LogP contribution < -0.4 is 4.74 Å². The van der Waals surface area contributed by atoms with Gasteiger partial charge in [-0.3, -0.25) is 0 Å². The molecule has 23 heavy (non-hydrogen) atoms. The monoisotopic (exact) mass is 378 g/mol. The summed E-state index contributed by atoms with van der Waals surface area (Å²) in [6.45, 7) is -0.377. The van der Waals surface area contributed by atoms with Gasteiger partial charge in [-0.05, 0) is 23.8 Å². The molecule has 0 aliphatic carbocycles. The van der Waals surface area contributed by atoms with Gasteiger partial charge in [0.2, 0.25) is 0 Å². The number of aromatic hydroxyl groups is 1. The minimum atomic E-state index is -1.01. The second-order valence-corrected chi connectivity index (χ2v) is 5.42. The number of carboxylic acid groups (broad SMARTS) is 1. The van der Waals surface area contributed by atoms with E-state index in [4.69, 9.17) is 54.9 Å². The van der Waals surface area contributed by atoms with Crippen LogP contribution in [0.4, 0.5) is 0 Å². The molecule has 124 valence electrons. The van der Waals surface area contributed by atoms with Crippen molar-refractivity contribution >= 4 is 40.8 Å². The summed E-state index contributed by atoms with van der Waals surface area (Å²) in [5.74, 6) is -0.582. The zero-order chi connectivity index (χ0) is 17.4. The van der Waals surface area contributed by atoms with E-state index in [-0.39, 0.29) is 24.0 Å². The summed E-state index contributed by atoms with van der Waals surface area (Å²) >= 11 is 16.6. The van der Waals surface area contributed by atoms with Gasteiger partial charge < -0.3 is 20.1 Å². The highest BCUT2D eigenvalue weighted by molar-refractivity contribution is 6.43.